The quantitative estimate of drug-likeness (QED) is 0.805. The minimum absolute atomic E-state index is 0.00429. The van der Waals surface area contributed by atoms with E-state index in [1.165, 1.54) is 14.2 Å². The molecule has 27 heavy (non-hydrogen) atoms. The van der Waals surface area contributed by atoms with Gasteiger partial charge in [0.25, 0.3) is 0 Å². The SMILES string of the molecule is COC(=O)c1ccc(NC(=O)N[C@@H]2C[C@@H](C)Oc3ccccc32)cc1OC. The van der Waals surface area contributed by atoms with Crippen LogP contribution in [0.3, 0.4) is 0 Å². The maximum atomic E-state index is 12.5. The number of methoxy groups -OCH3 is 2. The number of amides is 2. The number of para-hydroxylation sites is 1. The highest BCUT2D eigenvalue weighted by Gasteiger charge is 2.27. The maximum Gasteiger partial charge on any atom is 0.341 e. The monoisotopic (exact) mass is 370 g/mol. The fourth-order valence-electron chi connectivity index (χ4n) is 3.11. The number of rotatable bonds is 4. The maximum absolute atomic E-state index is 12.5. The molecular formula is C20H22N2O5. The van der Waals surface area contributed by atoms with Crippen molar-refractivity contribution >= 4 is 17.7 Å². The van der Waals surface area contributed by atoms with Crippen molar-refractivity contribution in [3.63, 3.8) is 0 Å². The van der Waals surface area contributed by atoms with Crippen LogP contribution in [0, 0.1) is 0 Å². The van der Waals surface area contributed by atoms with Crippen LogP contribution in [0.2, 0.25) is 0 Å². The van der Waals surface area contributed by atoms with Gasteiger partial charge in [0.15, 0.2) is 0 Å². The summed E-state index contributed by atoms with van der Waals surface area (Å²) in [5, 5.41) is 5.75. The number of hydrogen-bond acceptors (Lipinski definition) is 5. The molecule has 2 aromatic carbocycles. The van der Waals surface area contributed by atoms with E-state index in [-0.39, 0.29) is 23.7 Å². The van der Waals surface area contributed by atoms with Crippen molar-refractivity contribution in [1.29, 1.82) is 0 Å². The van der Waals surface area contributed by atoms with E-state index in [1.54, 1.807) is 18.2 Å². The summed E-state index contributed by atoms with van der Waals surface area (Å²) in [5.74, 6) is 0.603. The summed E-state index contributed by atoms with van der Waals surface area (Å²) < 4.78 is 15.7. The summed E-state index contributed by atoms with van der Waals surface area (Å²) in [5.41, 5.74) is 1.74. The molecule has 0 spiro atoms. The summed E-state index contributed by atoms with van der Waals surface area (Å²) in [6.45, 7) is 1.97. The number of urea groups is 1. The van der Waals surface area contributed by atoms with Gasteiger partial charge in [0, 0.05) is 23.7 Å². The third kappa shape index (κ3) is 4.13. The van der Waals surface area contributed by atoms with Crippen LogP contribution in [-0.4, -0.2) is 32.3 Å². The number of fused-ring (bicyclic) bond motifs is 1. The third-order valence-electron chi connectivity index (χ3n) is 4.36. The van der Waals surface area contributed by atoms with Crippen LogP contribution in [0.4, 0.5) is 10.5 Å². The predicted molar refractivity (Wildman–Crippen MR) is 100 cm³/mol. The predicted octanol–water partition coefficient (Wildman–Crippen LogP) is 3.52. The van der Waals surface area contributed by atoms with Gasteiger partial charge in [-0.2, -0.15) is 0 Å². The van der Waals surface area contributed by atoms with E-state index in [9.17, 15) is 9.59 Å². The topological polar surface area (TPSA) is 85.9 Å². The smallest absolute Gasteiger partial charge is 0.341 e. The number of ether oxygens (including phenoxy) is 3. The minimum atomic E-state index is -0.504. The number of carbonyl (C=O) groups is 2. The molecule has 1 heterocycles. The Bertz CT molecular complexity index is 852. The van der Waals surface area contributed by atoms with Gasteiger partial charge in [-0.15, -0.1) is 0 Å². The minimum Gasteiger partial charge on any atom is -0.496 e. The van der Waals surface area contributed by atoms with Gasteiger partial charge in [-0.25, -0.2) is 9.59 Å². The lowest BCUT2D eigenvalue weighted by Crippen LogP contribution is -2.37. The third-order valence-corrected chi connectivity index (χ3v) is 4.36. The number of benzene rings is 2. The Labute approximate surface area is 157 Å². The van der Waals surface area contributed by atoms with Gasteiger partial charge in [-0.3, -0.25) is 0 Å². The molecule has 1 aliphatic heterocycles. The molecule has 3 rings (SSSR count). The van der Waals surface area contributed by atoms with Crippen LogP contribution >= 0.6 is 0 Å². The molecule has 2 atom stereocenters. The highest BCUT2D eigenvalue weighted by Crippen LogP contribution is 2.34. The van der Waals surface area contributed by atoms with Gasteiger partial charge in [0.05, 0.1) is 26.4 Å². The number of anilines is 1. The van der Waals surface area contributed by atoms with Crippen LogP contribution in [0.15, 0.2) is 42.5 Å². The van der Waals surface area contributed by atoms with Gasteiger partial charge in [0.2, 0.25) is 0 Å². The fourth-order valence-corrected chi connectivity index (χ4v) is 3.11. The molecule has 0 aliphatic carbocycles. The second kappa shape index (κ2) is 7.99. The molecule has 7 nitrogen and oxygen atoms in total. The second-order valence-electron chi connectivity index (χ2n) is 6.26. The lowest BCUT2D eigenvalue weighted by atomic mass is 9.97. The zero-order chi connectivity index (χ0) is 19.4. The van der Waals surface area contributed by atoms with Gasteiger partial charge in [0.1, 0.15) is 17.1 Å². The Balaban J connectivity index is 1.72. The standard InChI is InChI=1S/C20H22N2O5/c1-12-10-16(14-6-4-5-7-17(14)27-12)22-20(24)21-13-8-9-15(19(23)26-3)18(11-13)25-2/h4-9,11-12,16H,10H2,1-3H3,(H2,21,22,24)/t12-,16-/m1/s1. The van der Waals surface area contributed by atoms with E-state index >= 15 is 0 Å². The van der Waals surface area contributed by atoms with Gasteiger partial charge in [-0.1, -0.05) is 18.2 Å². The zero-order valence-electron chi connectivity index (χ0n) is 15.4. The van der Waals surface area contributed by atoms with Crippen molar-refractivity contribution < 1.29 is 23.8 Å². The first-order valence-electron chi connectivity index (χ1n) is 8.61. The summed E-state index contributed by atoms with van der Waals surface area (Å²) >= 11 is 0. The van der Waals surface area contributed by atoms with Gasteiger partial charge >= 0.3 is 12.0 Å². The van der Waals surface area contributed by atoms with Crippen LogP contribution < -0.4 is 20.1 Å². The Morgan fingerprint density at radius 1 is 1.15 bits per heavy atom. The molecule has 0 saturated carbocycles. The number of esters is 1. The molecule has 0 radical (unpaired) electrons. The van der Waals surface area contributed by atoms with Crippen LogP contribution in [0.1, 0.15) is 35.3 Å². The summed E-state index contributed by atoms with van der Waals surface area (Å²) in [6.07, 6.45) is 0.680. The van der Waals surface area contributed by atoms with Crippen molar-refractivity contribution in [3.05, 3.63) is 53.6 Å². The Morgan fingerprint density at radius 2 is 1.93 bits per heavy atom. The lowest BCUT2D eigenvalue weighted by Gasteiger charge is -2.30. The number of carbonyl (C=O) groups excluding carboxylic acids is 2. The average molecular weight is 370 g/mol. The normalized spacial score (nSPS) is 17.9. The van der Waals surface area contributed by atoms with Crippen molar-refractivity contribution in [2.45, 2.75) is 25.5 Å². The molecule has 0 saturated heterocycles. The van der Waals surface area contributed by atoms with E-state index in [2.05, 4.69) is 10.6 Å². The first-order valence-corrected chi connectivity index (χ1v) is 8.61. The molecule has 1 aliphatic rings. The van der Waals surface area contributed by atoms with E-state index in [4.69, 9.17) is 14.2 Å². The zero-order valence-corrected chi connectivity index (χ0v) is 15.4. The van der Waals surface area contributed by atoms with E-state index < -0.39 is 5.97 Å². The molecular weight excluding hydrogens is 348 g/mol. The molecule has 0 bridgehead atoms. The average Bonchev–Trinajstić information content (AvgIpc) is 2.67. The number of nitrogens with one attached hydrogen (secondary N) is 2. The van der Waals surface area contributed by atoms with Gasteiger partial charge in [-0.05, 0) is 25.1 Å². The van der Waals surface area contributed by atoms with Crippen molar-refractivity contribution in [2.24, 2.45) is 0 Å². The molecule has 2 amide bonds. The summed E-state index contributed by atoms with van der Waals surface area (Å²) in [6, 6.07) is 11.9. The molecule has 2 aromatic rings. The highest BCUT2D eigenvalue weighted by molar-refractivity contribution is 5.95. The lowest BCUT2D eigenvalue weighted by molar-refractivity contribution is 0.0597. The van der Waals surface area contributed by atoms with Crippen molar-refractivity contribution in [2.75, 3.05) is 19.5 Å². The molecule has 0 fully saturated rings. The summed E-state index contributed by atoms with van der Waals surface area (Å²) in [7, 11) is 2.75. The Morgan fingerprint density at radius 3 is 2.67 bits per heavy atom. The molecule has 0 unspecified atom stereocenters. The van der Waals surface area contributed by atoms with Gasteiger partial charge < -0.3 is 24.8 Å². The second-order valence-corrected chi connectivity index (χ2v) is 6.26. The van der Waals surface area contributed by atoms with Crippen LogP contribution in [0.5, 0.6) is 11.5 Å². The van der Waals surface area contributed by atoms with E-state index in [0.717, 1.165) is 11.3 Å². The Hall–Kier alpha value is -3.22. The molecule has 142 valence electrons. The van der Waals surface area contributed by atoms with Crippen LogP contribution in [0.25, 0.3) is 0 Å². The fraction of sp³-hybridized carbons (Fsp3) is 0.300. The first kappa shape index (κ1) is 18.6. The van der Waals surface area contributed by atoms with Crippen molar-refractivity contribution in [3.8, 4) is 11.5 Å². The first-order chi connectivity index (χ1) is 13.0. The van der Waals surface area contributed by atoms with E-state index in [0.29, 0.717) is 17.9 Å². The largest absolute Gasteiger partial charge is 0.496 e. The molecule has 7 heteroatoms. The molecule has 0 aromatic heterocycles. The summed E-state index contributed by atoms with van der Waals surface area (Å²) in [4.78, 5) is 24.2. The molecule has 2 N–H and O–H groups in total. The van der Waals surface area contributed by atoms with E-state index in [1.807, 2.05) is 31.2 Å². The highest BCUT2D eigenvalue weighted by atomic mass is 16.5. The number of hydrogen-bond donors (Lipinski definition) is 2. The van der Waals surface area contributed by atoms with Crippen LogP contribution in [-0.2, 0) is 4.74 Å². The van der Waals surface area contributed by atoms with Crippen molar-refractivity contribution in [1.82, 2.24) is 5.32 Å². The Kier molecular flexibility index (Phi) is 5.49.